The largest absolute Gasteiger partial charge is 0.481 e. The van der Waals surface area contributed by atoms with Crippen LogP contribution < -0.4 is 0 Å². The molecule has 1 aliphatic carbocycles. The van der Waals surface area contributed by atoms with Crippen LogP contribution in [0, 0.1) is 5.92 Å². The first-order chi connectivity index (χ1) is 4.79. The fraction of sp³-hybridized carbons (Fsp3) is 0.375. The highest BCUT2D eigenvalue weighted by Crippen LogP contribution is 2.14. The van der Waals surface area contributed by atoms with Crippen LogP contribution in [0.4, 0.5) is 0 Å². The van der Waals surface area contributed by atoms with Crippen molar-refractivity contribution in [3.05, 3.63) is 24.3 Å². The van der Waals surface area contributed by atoms with E-state index in [9.17, 15) is 4.79 Å². The summed E-state index contributed by atoms with van der Waals surface area (Å²) in [5.74, 6) is -0.507. The Hall–Kier alpha value is -1.05. The minimum absolute atomic E-state index is 0.211. The molecule has 1 atom stereocenters. The molecule has 0 saturated heterocycles. The number of hydrogen-bond acceptors (Lipinski definition) is 1. The molecule has 0 aromatic heterocycles. The molecule has 0 aromatic rings. The van der Waals surface area contributed by atoms with Crippen LogP contribution in [-0.2, 0) is 4.79 Å². The number of allylic oxidation sites excluding steroid dienone is 4. The fourth-order valence-corrected chi connectivity index (χ4v) is 1.01. The fourth-order valence-electron chi connectivity index (χ4n) is 1.01. The molecule has 0 aliphatic heterocycles. The Morgan fingerprint density at radius 1 is 1.60 bits per heavy atom. The zero-order chi connectivity index (χ0) is 7.40. The van der Waals surface area contributed by atoms with Gasteiger partial charge in [0.25, 0.3) is 0 Å². The molecular weight excluding hydrogens is 128 g/mol. The summed E-state index contributed by atoms with van der Waals surface area (Å²) in [5, 5.41) is 8.41. The first-order valence-corrected chi connectivity index (χ1v) is 3.34. The number of carboxylic acid groups (broad SMARTS) is 1. The average molecular weight is 138 g/mol. The van der Waals surface area contributed by atoms with Crippen molar-refractivity contribution < 1.29 is 9.90 Å². The summed E-state index contributed by atoms with van der Waals surface area (Å²) in [7, 11) is 0. The lowest BCUT2D eigenvalue weighted by atomic mass is 9.98. The second-order valence-electron chi connectivity index (χ2n) is 2.41. The molecule has 0 saturated carbocycles. The predicted molar refractivity (Wildman–Crippen MR) is 38.6 cm³/mol. The molecule has 0 spiro atoms. The summed E-state index contributed by atoms with van der Waals surface area (Å²) < 4.78 is 0. The molecular formula is C8H10O2. The number of rotatable bonds is 2. The van der Waals surface area contributed by atoms with Gasteiger partial charge in [0.05, 0.1) is 6.42 Å². The van der Waals surface area contributed by atoms with E-state index in [1.54, 1.807) is 0 Å². The third-order valence-electron chi connectivity index (χ3n) is 1.51. The van der Waals surface area contributed by atoms with E-state index in [1.807, 2.05) is 24.3 Å². The SMILES string of the molecule is O=C(O)C[C@H]1C=CC=CC1. The summed E-state index contributed by atoms with van der Waals surface area (Å²) in [6.07, 6.45) is 8.89. The Labute approximate surface area is 59.9 Å². The van der Waals surface area contributed by atoms with Crippen LogP contribution in [0.15, 0.2) is 24.3 Å². The van der Waals surface area contributed by atoms with Gasteiger partial charge in [-0.1, -0.05) is 24.3 Å². The Kier molecular flexibility index (Phi) is 2.26. The lowest BCUT2D eigenvalue weighted by Crippen LogP contribution is -2.05. The van der Waals surface area contributed by atoms with Crippen molar-refractivity contribution in [2.75, 3.05) is 0 Å². The van der Waals surface area contributed by atoms with Gasteiger partial charge in [-0.05, 0) is 12.3 Å². The topological polar surface area (TPSA) is 37.3 Å². The quantitative estimate of drug-likeness (QED) is 0.629. The zero-order valence-electron chi connectivity index (χ0n) is 5.66. The van der Waals surface area contributed by atoms with Crippen molar-refractivity contribution in [3.8, 4) is 0 Å². The van der Waals surface area contributed by atoms with Crippen LogP contribution in [0.1, 0.15) is 12.8 Å². The number of aliphatic carboxylic acids is 1. The van der Waals surface area contributed by atoms with Crippen molar-refractivity contribution in [1.82, 2.24) is 0 Å². The van der Waals surface area contributed by atoms with Gasteiger partial charge in [0, 0.05) is 0 Å². The Morgan fingerprint density at radius 3 is 2.90 bits per heavy atom. The summed E-state index contributed by atoms with van der Waals surface area (Å²) in [5.41, 5.74) is 0. The average Bonchev–Trinajstić information content (AvgIpc) is 1.88. The minimum atomic E-state index is -0.718. The Morgan fingerprint density at radius 2 is 2.40 bits per heavy atom. The first kappa shape index (κ1) is 7.06. The summed E-state index contributed by atoms with van der Waals surface area (Å²) >= 11 is 0. The lowest BCUT2D eigenvalue weighted by Gasteiger charge is -2.08. The van der Waals surface area contributed by atoms with Gasteiger partial charge in [-0.15, -0.1) is 0 Å². The molecule has 10 heavy (non-hydrogen) atoms. The van der Waals surface area contributed by atoms with Gasteiger partial charge in [-0.2, -0.15) is 0 Å². The molecule has 54 valence electrons. The van der Waals surface area contributed by atoms with Gasteiger partial charge in [0.2, 0.25) is 0 Å². The molecule has 0 heterocycles. The third-order valence-corrected chi connectivity index (χ3v) is 1.51. The maximum Gasteiger partial charge on any atom is 0.303 e. The van der Waals surface area contributed by atoms with E-state index >= 15 is 0 Å². The zero-order valence-corrected chi connectivity index (χ0v) is 5.66. The highest BCUT2D eigenvalue weighted by Gasteiger charge is 2.08. The molecule has 0 amide bonds. The predicted octanol–water partition coefficient (Wildman–Crippen LogP) is 1.59. The van der Waals surface area contributed by atoms with Gasteiger partial charge in [-0.3, -0.25) is 4.79 Å². The van der Waals surface area contributed by atoms with Crippen LogP contribution in [0.2, 0.25) is 0 Å². The lowest BCUT2D eigenvalue weighted by molar-refractivity contribution is -0.137. The molecule has 0 bridgehead atoms. The van der Waals surface area contributed by atoms with E-state index in [0.717, 1.165) is 6.42 Å². The number of carbonyl (C=O) groups is 1. The monoisotopic (exact) mass is 138 g/mol. The van der Waals surface area contributed by atoms with Crippen LogP contribution in [-0.4, -0.2) is 11.1 Å². The van der Waals surface area contributed by atoms with Gasteiger partial charge in [0.15, 0.2) is 0 Å². The van der Waals surface area contributed by atoms with E-state index in [0.29, 0.717) is 0 Å². The van der Waals surface area contributed by atoms with Crippen LogP contribution in [0.5, 0.6) is 0 Å². The van der Waals surface area contributed by atoms with Crippen molar-refractivity contribution in [2.45, 2.75) is 12.8 Å². The second-order valence-corrected chi connectivity index (χ2v) is 2.41. The standard InChI is InChI=1S/C8H10O2/c9-8(10)6-7-4-2-1-3-5-7/h1-4,7H,5-6H2,(H,9,10)/t7-/m0/s1. The van der Waals surface area contributed by atoms with Crippen LogP contribution in [0.3, 0.4) is 0 Å². The Bertz CT molecular complexity index is 180. The first-order valence-electron chi connectivity index (χ1n) is 3.34. The third kappa shape index (κ3) is 2.05. The molecule has 1 rings (SSSR count). The molecule has 1 N–H and O–H groups in total. The van der Waals surface area contributed by atoms with Crippen molar-refractivity contribution >= 4 is 5.97 Å². The summed E-state index contributed by atoms with van der Waals surface area (Å²) in [6, 6.07) is 0. The normalized spacial score (nSPS) is 23.0. The van der Waals surface area contributed by atoms with Crippen molar-refractivity contribution in [3.63, 3.8) is 0 Å². The van der Waals surface area contributed by atoms with Crippen molar-refractivity contribution in [1.29, 1.82) is 0 Å². The van der Waals surface area contributed by atoms with Gasteiger partial charge >= 0.3 is 5.97 Å². The molecule has 2 nitrogen and oxygen atoms in total. The highest BCUT2D eigenvalue weighted by molar-refractivity contribution is 5.67. The highest BCUT2D eigenvalue weighted by atomic mass is 16.4. The molecule has 0 fully saturated rings. The Balaban J connectivity index is 2.37. The second kappa shape index (κ2) is 3.20. The molecule has 0 aromatic carbocycles. The molecule has 2 heteroatoms. The van der Waals surface area contributed by atoms with Crippen LogP contribution in [0.25, 0.3) is 0 Å². The van der Waals surface area contributed by atoms with Gasteiger partial charge in [-0.25, -0.2) is 0 Å². The number of carboxylic acids is 1. The van der Waals surface area contributed by atoms with Gasteiger partial charge < -0.3 is 5.11 Å². The minimum Gasteiger partial charge on any atom is -0.481 e. The van der Waals surface area contributed by atoms with E-state index in [4.69, 9.17) is 5.11 Å². The van der Waals surface area contributed by atoms with Crippen molar-refractivity contribution in [2.24, 2.45) is 5.92 Å². The molecule has 0 unspecified atom stereocenters. The van der Waals surface area contributed by atoms with E-state index in [1.165, 1.54) is 0 Å². The summed E-state index contributed by atoms with van der Waals surface area (Å²) in [4.78, 5) is 10.2. The smallest absolute Gasteiger partial charge is 0.303 e. The molecule has 0 radical (unpaired) electrons. The summed E-state index contributed by atoms with van der Waals surface area (Å²) in [6.45, 7) is 0. The van der Waals surface area contributed by atoms with E-state index in [2.05, 4.69) is 0 Å². The van der Waals surface area contributed by atoms with E-state index in [-0.39, 0.29) is 12.3 Å². The maximum absolute atomic E-state index is 10.2. The van der Waals surface area contributed by atoms with Crippen LogP contribution >= 0.6 is 0 Å². The molecule has 1 aliphatic rings. The number of hydrogen-bond donors (Lipinski definition) is 1. The van der Waals surface area contributed by atoms with E-state index < -0.39 is 5.97 Å². The van der Waals surface area contributed by atoms with Gasteiger partial charge in [0.1, 0.15) is 0 Å². The maximum atomic E-state index is 10.2.